The summed E-state index contributed by atoms with van der Waals surface area (Å²) in [7, 11) is 0. The van der Waals surface area contributed by atoms with E-state index < -0.39 is 0 Å². The highest BCUT2D eigenvalue weighted by atomic mass is 35.5. The Hall–Kier alpha value is -2.44. The maximum Gasteiger partial charge on any atom is 0.145 e. The molecule has 2 N–H and O–H groups in total. The smallest absolute Gasteiger partial charge is 0.145 e. The number of hydrogen-bond donors (Lipinski definition) is 1. The summed E-state index contributed by atoms with van der Waals surface area (Å²) in [5.41, 5.74) is 8.02. The average molecular weight is 355 g/mol. The number of aromatic nitrogens is 3. The number of pyridine rings is 1. The lowest BCUT2D eigenvalue weighted by Crippen LogP contribution is -2.46. The monoisotopic (exact) mass is 354 g/mol. The van der Waals surface area contributed by atoms with Gasteiger partial charge in [0.25, 0.3) is 0 Å². The van der Waals surface area contributed by atoms with Gasteiger partial charge in [0.2, 0.25) is 0 Å². The first-order valence-corrected chi connectivity index (χ1v) is 8.66. The Morgan fingerprint density at radius 2 is 1.84 bits per heavy atom. The predicted molar refractivity (Wildman–Crippen MR) is 101 cm³/mol. The van der Waals surface area contributed by atoms with E-state index in [4.69, 9.17) is 17.3 Å². The molecule has 1 fully saturated rings. The summed E-state index contributed by atoms with van der Waals surface area (Å²) in [6.07, 6.45) is 3.47. The third kappa shape index (κ3) is 3.36. The van der Waals surface area contributed by atoms with Crippen molar-refractivity contribution in [2.75, 3.05) is 36.8 Å². The van der Waals surface area contributed by atoms with Crippen molar-refractivity contribution in [1.29, 1.82) is 0 Å². The van der Waals surface area contributed by atoms with Crippen LogP contribution in [0.1, 0.15) is 5.82 Å². The summed E-state index contributed by atoms with van der Waals surface area (Å²) in [4.78, 5) is 17.8. The molecular formula is C18H19ClN6. The van der Waals surface area contributed by atoms with Crippen molar-refractivity contribution in [2.45, 2.75) is 6.54 Å². The van der Waals surface area contributed by atoms with Crippen LogP contribution in [0.5, 0.6) is 0 Å². The second-order valence-electron chi connectivity index (χ2n) is 6.13. The van der Waals surface area contributed by atoms with Gasteiger partial charge in [-0.2, -0.15) is 0 Å². The lowest BCUT2D eigenvalue weighted by molar-refractivity contribution is 0.244. The van der Waals surface area contributed by atoms with E-state index in [0.717, 1.165) is 48.6 Å². The number of hydrogen-bond acceptors (Lipinski definition) is 6. The van der Waals surface area contributed by atoms with Gasteiger partial charge in [-0.3, -0.25) is 9.88 Å². The van der Waals surface area contributed by atoms with Gasteiger partial charge in [0.05, 0.1) is 22.8 Å². The molecule has 6 nitrogen and oxygen atoms in total. The van der Waals surface area contributed by atoms with E-state index in [0.29, 0.717) is 17.4 Å². The zero-order valence-electron chi connectivity index (χ0n) is 13.8. The molecule has 0 radical (unpaired) electrons. The number of anilines is 2. The normalized spacial score (nSPS) is 15.6. The number of halogens is 1. The zero-order valence-corrected chi connectivity index (χ0v) is 14.5. The number of nitrogens with two attached hydrogens (primary N) is 1. The molecule has 2 aromatic heterocycles. The van der Waals surface area contributed by atoms with Crippen molar-refractivity contribution in [3.63, 3.8) is 0 Å². The molecule has 0 bridgehead atoms. The van der Waals surface area contributed by atoms with Crippen LogP contribution in [0, 0.1) is 0 Å². The Kier molecular flexibility index (Phi) is 4.38. The van der Waals surface area contributed by atoms with Gasteiger partial charge in [-0.25, -0.2) is 9.97 Å². The highest BCUT2D eigenvalue weighted by Gasteiger charge is 2.20. The van der Waals surface area contributed by atoms with Crippen LogP contribution in [-0.4, -0.2) is 46.0 Å². The van der Waals surface area contributed by atoms with Gasteiger partial charge < -0.3 is 10.6 Å². The lowest BCUT2D eigenvalue weighted by atomic mass is 10.2. The highest BCUT2D eigenvalue weighted by molar-refractivity contribution is 6.33. The molecule has 0 aliphatic carbocycles. The summed E-state index contributed by atoms with van der Waals surface area (Å²) in [5, 5.41) is 1.60. The number of benzene rings is 1. The Bertz CT molecular complexity index is 892. The van der Waals surface area contributed by atoms with Gasteiger partial charge >= 0.3 is 0 Å². The minimum absolute atomic E-state index is 0.544. The highest BCUT2D eigenvalue weighted by Crippen LogP contribution is 2.25. The largest absolute Gasteiger partial charge is 0.383 e. The number of para-hydroxylation sites is 1. The van der Waals surface area contributed by atoms with Gasteiger partial charge in [-0.1, -0.05) is 23.7 Å². The van der Waals surface area contributed by atoms with Crippen LogP contribution in [0.15, 0.2) is 42.7 Å². The van der Waals surface area contributed by atoms with Crippen molar-refractivity contribution >= 4 is 34.0 Å². The molecule has 3 aromatic rings. The second kappa shape index (κ2) is 6.82. The number of rotatable bonds is 3. The molecule has 3 heterocycles. The van der Waals surface area contributed by atoms with Gasteiger partial charge in [0.15, 0.2) is 0 Å². The minimum atomic E-state index is 0.544. The van der Waals surface area contributed by atoms with Crippen molar-refractivity contribution in [1.82, 2.24) is 19.9 Å². The first-order chi connectivity index (χ1) is 12.2. The Morgan fingerprint density at radius 3 is 2.64 bits per heavy atom. The Labute approximate surface area is 151 Å². The summed E-state index contributed by atoms with van der Waals surface area (Å²) in [6, 6.07) is 9.80. The number of nitrogens with zero attached hydrogens (tertiary/aromatic N) is 5. The third-order valence-electron chi connectivity index (χ3n) is 4.51. The number of fused-ring (bicyclic) bond motifs is 1. The summed E-state index contributed by atoms with van der Waals surface area (Å²) in [6.45, 7) is 4.37. The summed E-state index contributed by atoms with van der Waals surface area (Å²) >= 11 is 6.24. The molecule has 1 aliphatic heterocycles. The maximum atomic E-state index is 6.24. The topological polar surface area (TPSA) is 71.2 Å². The number of piperazine rings is 1. The van der Waals surface area contributed by atoms with E-state index in [9.17, 15) is 0 Å². The van der Waals surface area contributed by atoms with Crippen LogP contribution in [0.25, 0.3) is 10.9 Å². The van der Waals surface area contributed by atoms with Crippen LogP contribution in [0.3, 0.4) is 0 Å². The molecule has 0 unspecified atom stereocenters. The molecule has 128 valence electrons. The molecule has 25 heavy (non-hydrogen) atoms. The first kappa shape index (κ1) is 16.1. The Morgan fingerprint density at radius 1 is 1.04 bits per heavy atom. The van der Waals surface area contributed by atoms with E-state index in [1.807, 2.05) is 30.3 Å². The van der Waals surface area contributed by atoms with E-state index in [2.05, 4.69) is 24.8 Å². The fourth-order valence-electron chi connectivity index (χ4n) is 3.19. The van der Waals surface area contributed by atoms with Crippen LogP contribution in [0.2, 0.25) is 5.02 Å². The molecule has 0 atom stereocenters. The number of nitrogen functional groups attached to an aromatic ring is 1. The third-order valence-corrected chi connectivity index (χ3v) is 4.80. The molecule has 0 saturated carbocycles. The van der Waals surface area contributed by atoms with E-state index in [1.165, 1.54) is 0 Å². The van der Waals surface area contributed by atoms with Crippen molar-refractivity contribution in [3.05, 3.63) is 53.6 Å². The van der Waals surface area contributed by atoms with Crippen LogP contribution >= 0.6 is 11.6 Å². The molecule has 4 rings (SSSR count). The van der Waals surface area contributed by atoms with E-state index in [-0.39, 0.29) is 0 Å². The fraction of sp³-hybridized carbons (Fsp3) is 0.278. The average Bonchev–Trinajstić information content (AvgIpc) is 2.63. The molecule has 7 heteroatoms. The van der Waals surface area contributed by atoms with E-state index in [1.54, 1.807) is 12.4 Å². The van der Waals surface area contributed by atoms with Gasteiger partial charge in [0.1, 0.15) is 11.6 Å². The van der Waals surface area contributed by atoms with Crippen LogP contribution in [0.4, 0.5) is 11.5 Å². The molecule has 0 spiro atoms. The van der Waals surface area contributed by atoms with E-state index >= 15 is 0 Å². The van der Waals surface area contributed by atoms with Gasteiger partial charge in [-0.15, -0.1) is 0 Å². The summed E-state index contributed by atoms with van der Waals surface area (Å²) in [5.74, 6) is 1.31. The fourth-order valence-corrected chi connectivity index (χ4v) is 3.43. The minimum Gasteiger partial charge on any atom is -0.383 e. The van der Waals surface area contributed by atoms with Crippen LogP contribution in [-0.2, 0) is 6.54 Å². The SMILES string of the molecule is Nc1nc(CN2CCN(c3ccncc3Cl)CC2)nc2ccccc12. The quantitative estimate of drug-likeness (QED) is 0.779. The molecule has 1 aliphatic rings. The molecule has 0 amide bonds. The van der Waals surface area contributed by atoms with Gasteiger partial charge in [-0.05, 0) is 18.2 Å². The summed E-state index contributed by atoms with van der Waals surface area (Å²) < 4.78 is 0. The predicted octanol–water partition coefficient (Wildman–Crippen LogP) is 2.58. The van der Waals surface area contributed by atoms with Crippen molar-refractivity contribution in [2.24, 2.45) is 0 Å². The first-order valence-electron chi connectivity index (χ1n) is 8.28. The zero-order chi connectivity index (χ0) is 17.2. The van der Waals surface area contributed by atoms with Gasteiger partial charge in [0, 0.05) is 44.0 Å². The molecule has 1 saturated heterocycles. The van der Waals surface area contributed by atoms with Crippen molar-refractivity contribution < 1.29 is 0 Å². The Balaban J connectivity index is 1.44. The second-order valence-corrected chi connectivity index (χ2v) is 6.54. The lowest BCUT2D eigenvalue weighted by Gasteiger charge is -2.36. The molecule has 1 aromatic carbocycles. The van der Waals surface area contributed by atoms with Crippen molar-refractivity contribution in [3.8, 4) is 0 Å². The molecular weight excluding hydrogens is 336 g/mol. The van der Waals surface area contributed by atoms with Crippen LogP contribution < -0.4 is 10.6 Å². The standard InChI is InChI=1S/C18H19ClN6/c19-14-11-21-6-5-16(14)25-9-7-24(8-10-25)12-17-22-15-4-2-1-3-13(15)18(20)23-17/h1-6,11H,7-10,12H2,(H2,20,22,23). The maximum absolute atomic E-state index is 6.24.